The Labute approximate surface area is 106 Å². The molecule has 1 saturated heterocycles. The number of rotatable bonds is 4. The zero-order valence-electron chi connectivity index (χ0n) is 10.5. The molecule has 0 aliphatic carbocycles. The molecule has 1 aliphatic rings. The summed E-state index contributed by atoms with van der Waals surface area (Å²) in [6, 6.07) is 3.69. The molecule has 2 rings (SSSR count). The normalized spacial score (nSPS) is 19.5. The van der Waals surface area contributed by atoms with Crippen LogP contribution in [-0.4, -0.2) is 36.1 Å². The molecule has 0 saturated carbocycles. The average Bonchev–Trinajstić information content (AvgIpc) is 2.40. The SMILES string of the molecule is CN(CC1CCCCN1)c1ccc([N+](=O)[O-])nc1. The molecule has 18 heavy (non-hydrogen) atoms. The van der Waals surface area contributed by atoms with Gasteiger partial charge in [0.2, 0.25) is 0 Å². The molecular weight excluding hydrogens is 232 g/mol. The molecule has 1 aromatic heterocycles. The number of piperidine rings is 1. The Morgan fingerprint density at radius 2 is 2.39 bits per heavy atom. The fourth-order valence-electron chi connectivity index (χ4n) is 2.23. The quantitative estimate of drug-likeness (QED) is 0.648. The van der Waals surface area contributed by atoms with Gasteiger partial charge in [-0.2, -0.15) is 0 Å². The molecule has 1 atom stereocenters. The van der Waals surface area contributed by atoms with E-state index in [1.165, 1.54) is 25.3 Å². The fraction of sp³-hybridized carbons (Fsp3) is 0.583. The second kappa shape index (κ2) is 5.77. The van der Waals surface area contributed by atoms with Crippen molar-refractivity contribution >= 4 is 11.5 Å². The van der Waals surface area contributed by atoms with Crippen molar-refractivity contribution in [2.75, 3.05) is 25.0 Å². The first-order chi connectivity index (χ1) is 8.66. The van der Waals surface area contributed by atoms with Crippen LogP contribution in [0.25, 0.3) is 0 Å². The lowest BCUT2D eigenvalue weighted by Crippen LogP contribution is -2.42. The van der Waals surface area contributed by atoms with Crippen LogP contribution in [0.1, 0.15) is 19.3 Å². The average molecular weight is 250 g/mol. The van der Waals surface area contributed by atoms with E-state index in [2.05, 4.69) is 15.2 Å². The maximum absolute atomic E-state index is 10.5. The van der Waals surface area contributed by atoms with Gasteiger partial charge in [0.15, 0.2) is 6.20 Å². The lowest BCUT2D eigenvalue weighted by atomic mass is 10.0. The van der Waals surface area contributed by atoms with Gasteiger partial charge in [0, 0.05) is 25.7 Å². The van der Waals surface area contributed by atoms with E-state index < -0.39 is 4.92 Å². The number of pyridine rings is 1. The minimum absolute atomic E-state index is 0.108. The first kappa shape index (κ1) is 12.8. The molecule has 1 aliphatic heterocycles. The van der Waals surface area contributed by atoms with Crippen LogP contribution >= 0.6 is 0 Å². The highest BCUT2D eigenvalue weighted by Gasteiger charge is 2.16. The molecular formula is C12H18N4O2. The van der Waals surface area contributed by atoms with Gasteiger partial charge in [-0.1, -0.05) is 6.42 Å². The third kappa shape index (κ3) is 3.16. The molecule has 6 nitrogen and oxygen atoms in total. The third-order valence-electron chi connectivity index (χ3n) is 3.27. The minimum Gasteiger partial charge on any atom is -0.370 e. The summed E-state index contributed by atoms with van der Waals surface area (Å²) >= 11 is 0. The van der Waals surface area contributed by atoms with E-state index in [4.69, 9.17) is 0 Å². The van der Waals surface area contributed by atoms with Crippen molar-refractivity contribution in [3.05, 3.63) is 28.4 Å². The molecule has 1 aromatic rings. The van der Waals surface area contributed by atoms with Gasteiger partial charge in [0.05, 0.1) is 5.69 Å². The predicted octanol–water partition coefficient (Wildman–Crippen LogP) is 1.57. The highest BCUT2D eigenvalue weighted by molar-refractivity contribution is 5.45. The van der Waals surface area contributed by atoms with Gasteiger partial charge in [-0.25, -0.2) is 0 Å². The molecule has 1 unspecified atom stereocenters. The summed E-state index contributed by atoms with van der Waals surface area (Å²) in [5.74, 6) is -0.108. The van der Waals surface area contributed by atoms with Crippen molar-refractivity contribution in [1.29, 1.82) is 0 Å². The van der Waals surface area contributed by atoms with Crippen molar-refractivity contribution in [2.24, 2.45) is 0 Å². The Kier molecular flexibility index (Phi) is 4.09. The summed E-state index contributed by atoms with van der Waals surface area (Å²) < 4.78 is 0. The smallest absolute Gasteiger partial charge is 0.363 e. The van der Waals surface area contributed by atoms with Gasteiger partial charge in [-0.05, 0) is 35.4 Å². The van der Waals surface area contributed by atoms with Gasteiger partial charge >= 0.3 is 5.82 Å². The van der Waals surface area contributed by atoms with Crippen LogP contribution in [0.4, 0.5) is 11.5 Å². The maximum Gasteiger partial charge on any atom is 0.363 e. The number of aromatic nitrogens is 1. The lowest BCUT2D eigenvalue weighted by Gasteiger charge is -2.28. The lowest BCUT2D eigenvalue weighted by molar-refractivity contribution is -0.389. The molecule has 0 radical (unpaired) electrons. The van der Waals surface area contributed by atoms with Crippen LogP contribution in [0.3, 0.4) is 0 Å². The highest BCUT2D eigenvalue weighted by Crippen LogP contribution is 2.16. The Morgan fingerprint density at radius 1 is 1.56 bits per heavy atom. The summed E-state index contributed by atoms with van der Waals surface area (Å²) in [7, 11) is 1.99. The van der Waals surface area contributed by atoms with Crippen molar-refractivity contribution in [2.45, 2.75) is 25.3 Å². The van der Waals surface area contributed by atoms with Gasteiger partial charge < -0.3 is 20.3 Å². The molecule has 1 N–H and O–H groups in total. The number of likely N-dealkylation sites (N-methyl/N-ethyl adjacent to an activating group) is 1. The van der Waals surface area contributed by atoms with Crippen molar-refractivity contribution in [3.8, 4) is 0 Å². The predicted molar refractivity (Wildman–Crippen MR) is 69.8 cm³/mol. The zero-order valence-corrected chi connectivity index (χ0v) is 10.5. The van der Waals surface area contributed by atoms with Gasteiger partial charge in [0.25, 0.3) is 0 Å². The second-order valence-corrected chi connectivity index (χ2v) is 4.66. The fourth-order valence-corrected chi connectivity index (χ4v) is 2.23. The number of nitro groups is 1. The number of hydrogen-bond donors (Lipinski definition) is 1. The van der Waals surface area contributed by atoms with E-state index in [1.54, 1.807) is 12.3 Å². The number of nitrogens with zero attached hydrogens (tertiary/aromatic N) is 3. The summed E-state index contributed by atoms with van der Waals surface area (Å²) in [6.45, 7) is 1.98. The monoisotopic (exact) mass is 250 g/mol. The van der Waals surface area contributed by atoms with Crippen molar-refractivity contribution in [3.63, 3.8) is 0 Å². The maximum atomic E-state index is 10.5. The first-order valence-corrected chi connectivity index (χ1v) is 6.22. The van der Waals surface area contributed by atoms with Crippen LogP contribution in [0, 0.1) is 10.1 Å². The van der Waals surface area contributed by atoms with Gasteiger partial charge in [0.1, 0.15) is 0 Å². The van der Waals surface area contributed by atoms with E-state index in [9.17, 15) is 10.1 Å². The summed E-state index contributed by atoms with van der Waals surface area (Å²) in [6.07, 6.45) is 5.26. The number of nitrogens with one attached hydrogen (secondary N) is 1. The van der Waals surface area contributed by atoms with Crippen molar-refractivity contribution in [1.82, 2.24) is 10.3 Å². The van der Waals surface area contributed by atoms with Crippen molar-refractivity contribution < 1.29 is 4.92 Å². The van der Waals surface area contributed by atoms with Crippen LogP contribution in [0.5, 0.6) is 0 Å². The molecule has 0 bridgehead atoms. The van der Waals surface area contributed by atoms with Crippen LogP contribution < -0.4 is 10.2 Å². The second-order valence-electron chi connectivity index (χ2n) is 4.66. The Morgan fingerprint density at radius 3 is 2.94 bits per heavy atom. The molecule has 1 fully saturated rings. The van der Waals surface area contributed by atoms with E-state index >= 15 is 0 Å². The molecule has 0 amide bonds. The summed E-state index contributed by atoms with van der Waals surface area (Å²) in [5, 5.41) is 14.0. The van der Waals surface area contributed by atoms with E-state index in [0.717, 1.165) is 18.8 Å². The van der Waals surface area contributed by atoms with E-state index in [1.807, 2.05) is 7.05 Å². The Balaban J connectivity index is 1.95. The minimum atomic E-state index is -0.480. The Hall–Kier alpha value is -1.69. The van der Waals surface area contributed by atoms with E-state index in [0.29, 0.717) is 6.04 Å². The van der Waals surface area contributed by atoms with E-state index in [-0.39, 0.29) is 5.82 Å². The molecule has 6 heteroatoms. The highest BCUT2D eigenvalue weighted by atomic mass is 16.6. The topological polar surface area (TPSA) is 71.3 Å². The van der Waals surface area contributed by atoms with Gasteiger partial charge in [-0.15, -0.1) is 0 Å². The van der Waals surface area contributed by atoms with Crippen LogP contribution in [-0.2, 0) is 0 Å². The van der Waals surface area contributed by atoms with Crippen LogP contribution in [0.2, 0.25) is 0 Å². The standard InChI is InChI=1S/C12H18N4O2/c1-15(9-10-4-2-3-7-13-10)11-5-6-12(14-8-11)16(17)18/h5-6,8,10,13H,2-4,7,9H2,1H3. The zero-order chi connectivity index (χ0) is 13.0. The van der Waals surface area contributed by atoms with Crippen LogP contribution in [0.15, 0.2) is 18.3 Å². The molecule has 2 heterocycles. The summed E-state index contributed by atoms with van der Waals surface area (Å²) in [5.41, 5.74) is 0.910. The largest absolute Gasteiger partial charge is 0.370 e. The molecule has 0 aromatic carbocycles. The number of anilines is 1. The molecule has 98 valence electrons. The number of hydrogen-bond acceptors (Lipinski definition) is 5. The Bertz CT molecular complexity index is 401. The molecule has 0 spiro atoms. The first-order valence-electron chi connectivity index (χ1n) is 6.22. The van der Waals surface area contributed by atoms with Gasteiger partial charge in [-0.3, -0.25) is 0 Å². The summed E-state index contributed by atoms with van der Waals surface area (Å²) in [4.78, 5) is 16.0. The third-order valence-corrected chi connectivity index (χ3v) is 3.27.